The molecule has 0 aliphatic rings. The van der Waals surface area contributed by atoms with Crippen LogP contribution in [0.15, 0.2) is 46.9 Å². The maximum Gasteiger partial charge on any atom is 0.414 e. The van der Waals surface area contributed by atoms with Gasteiger partial charge in [0.25, 0.3) is 0 Å². The number of aliphatic carboxylic acids is 2. The van der Waals surface area contributed by atoms with Crippen LogP contribution in [0.5, 0.6) is 0 Å². The zero-order valence-corrected chi connectivity index (χ0v) is 27.7. The smallest absolute Gasteiger partial charge is 0.414 e. The third kappa shape index (κ3) is 12.6. The number of benzene rings is 2. The Kier molecular flexibility index (Phi) is 15.4. The lowest BCUT2D eigenvalue weighted by molar-refractivity contribution is -0.159. The van der Waals surface area contributed by atoms with E-state index in [0.29, 0.717) is 52.1 Å². The van der Waals surface area contributed by atoms with Crippen molar-refractivity contribution in [2.45, 2.75) is 72.1 Å². The fraction of sp³-hybridized carbons (Fsp3) is 0.455. The van der Waals surface area contributed by atoms with Crippen LogP contribution in [-0.2, 0) is 30.8 Å². The first-order valence-corrected chi connectivity index (χ1v) is 17.3. The van der Waals surface area contributed by atoms with E-state index >= 15 is 0 Å². The summed E-state index contributed by atoms with van der Waals surface area (Å²) >= 11 is 0. The van der Waals surface area contributed by atoms with Gasteiger partial charge in [-0.2, -0.15) is 0 Å². The van der Waals surface area contributed by atoms with Crippen LogP contribution in [0.3, 0.4) is 0 Å². The molecule has 12 nitrogen and oxygen atoms in total. The van der Waals surface area contributed by atoms with Gasteiger partial charge in [0.1, 0.15) is 11.3 Å². The van der Waals surface area contributed by atoms with Crippen LogP contribution in [0.4, 0.5) is 11.4 Å². The molecule has 0 fully saturated rings. The SMILES string of the molecule is CCCCc1oc2ccc(NS(C)(=O)=O)cc2c1C(=O)c1ccc(NC(=O)CCN(CCCC)CCCC)cc1.O=C(O)C(=O)O. The molecule has 1 amide bonds. The van der Waals surface area contributed by atoms with Gasteiger partial charge in [-0.05, 0) is 74.8 Å². The second-order valence-electron chi connectivity index (χ2n) is 11.0. The highest BCUT2D eigenvalue weighted by Crippen LogP contribution is 2.32. The summed E-state index contributed by atoms with van der Waals surface area (Å²) in [4.78, 5) is 46.9. The van der Waals surface area contributed by atoms with Crippen molar-refractivity contribution in [2.24, 2.45) is 0 Å². The number of anilines is 2. The quantitative estimate of drug-likeness (QED) is 0.103. The highest BCUT2D eigenvalue weighted by Gasteiger charge is 2.23. The standard InChI is InChI=1S/C31H43N3O5S.C2H2O4/c1-5-8-11-28-30(26-22-25(33-40(4,37)38)16-17-27(26)39-28)31(36)23-12-14-24(15-13-23)32-29(35)18-21-34(19-9-6-2)20-10-7-3;3-1(4)2(5)6/h12-17,22,33H,5-11,18-21H2,1-4H3,(H,32,35);(H,3,4)(H,5,6). The van der Waals surface area contributed by atoms with Crippen LogP contribution < -0.4 is 10.0 Å². The Morgan fingerprint density at radius 2 is 1.37 bits per heavy atom. The number of hydrogen-bond donors (Lipinski definition) is 4. The highest BCUT2D eigenvalue weighted by atomic mass is 32.2. The van der Waals surface area contributed by atoms with E-state index in [2.05, 4.69) is 35.7 Å². The number of nitrogens with zero attached hydrogens (tertiary/aromatic N) is 1. The summed E-state index contributed by atoms with van der Waals surface area (Å²) in [7, 11) is -3.47. The van der Waals surface area contributed by atoms with Crippen LogP contribution in [0.25, 0.3) is 11.0 Å². The molecule has 0 aliphatic carbocycles. The molecule has 0 aliphatic heterocycles. The number of rotatable bonds is 17. The summed E-state index contributed by atoms with van der Waals surface area (Å²) in [5.74, 6) is -3.32. The van der Waals surface area contributed by atoms with Crippen molar-refractivity contribution >= 4 is 56.0 Å². The van der Waals surface area contributed by atoms with Crippen molar-refractivity contribution in [1.29, 1.82) is 0 Å². The summed E-state index contributed by atoms with van der Waals surface area (Å²) < 4.78 is 32.0. The summed E-state index contributed by atoms with van der Waals surface area (Å²) in [6.07, 6.45) is 8.41. The number of amides is 1. The molecule has 0 radical (unpaired) electrons. The van der Waals surface area contributed by atoms with Gasteiger partial charge in [0.2, 0.25) is 15.9 Å². The van der Waals surface area contributed by atoms with Crippen LogP contribution in [0, 0.1) is 0 Å². The Labute approximate surface area is 270 Å². The largest absolute Gasteiger partial charge is 0.473 e. The Bertz CT molecular complexity index is 1560. The zero-order chi connectivity index (χ0) is 34.3. The number of unbranched alkanes of at least 4 members (excludes halogenated alkanes) is 3. The molecule has 0 saturated heterocycles. The van der Waals surface area contributed by atoms with Gasteiger partial charge in [-0.1, -0.05) is 40.0 Å². The maximum absolute atomic E-state index is 13.7. The molecule has 46 heavy (non-hydrogen) atoms. The minimum atomic E-state index is -3.47. The van der Waals surface area contributed by atoms with Crippen molar-refractivity contribution in [3.63, 3.8) is 0 Å². The second-order valence-corrected chi connectivity index (χ2v) is 12.7. The molecule has 2 aromatic carbocycles. The average Bonchev–Trinajstić information content (AvgIpc) is 3.36. The fourth-order valence-corrected chi connectivity index (χ4v) is 5.17. The number of furan rings is 1. The number of carboxylic acid groups (broad SMARTS) is 2. The van der Waals surface area contributed by atoms with Crippen LogP contribution in [-0.4, -0.2) is 73.0 Å². The molecular weight excluding hydrogens is 614 g/mol. The number of sulfonamides is 1. The van der Waals surface area contributed by atoms with Crippen molar-refractivity contribution in [3.05, 3.63) is 59.4 Å². The molecule has 0 saturated carbocycles. The van der Waals surface area contributed by atoms with Crippen molar-refractivity contribution in [2.75, 3.05) is 35.9 Å². The van der Waals surface area contributed by atoms with E-state index in [9.17, 15) is 18.0 Å². The lowest BCUT2D eigenvalue weighted by Gasteiger charge is -2.21. The van der Waals surface area contributed by atoms with Gasteiger partial charge >= 0.3 is 11.9 Å². The summed E-state index contributed by atoms with van der Waals surface area (Å²) in [6.45, 7) is 9.16. The van der Waals surface area contributed by atoms with Gasteiger partial charge in [0.05, 0.1) is 11.8 Å². The Hall–Kier alpha value is -4.23. The summed E-state index contributed by atoms with van der Waals surface area (Å²) in [5.41, 5.74) is 2.44. The number of hydrogen-bond acceptors (Lipinski definition) is 8. The third-order valence-electron chi connectivity index (χ3n) is 6.97. The molecule has 0 spiro atoms. The predicted molar refractivity (Wildman–Crippen MR) is 178 cm³/mol. The first kappa shape index (κ1) is 38.0. The Morgan fingerprint density at radius 3 is 1.89 bits per heavy atom. The number of fused-ring (bicyclic) bond motifs is 1. The normalized spacial score (nSPS) is 11.2. The molecule has 0 unspecified atom stereocenters. The highest BCUT2D eigenvalue weighted by molar-refractivity contribution is 7.92. The Balaban J connectivity index is 0.00000112. The molecule has 4 N–H and O–H groups in total. The first-order chi connectivity index (χ1) is 21.8. The van der Waals surface area contributed by atoms with E-state index in [4.69, 9.17) is 24.2 Å². The van der Waals surface area contributed by atoms with Gasteiger partial charge in [-0.3, -0.25) is 14.3 Å². The molecule has 0 atom stereocenters. The van der Waals surface area contributed by atoms with Crippen LogP contribution in [0.1, 0.15) is 87.4 Å². The number of ketones is 1. The predicted octanol–water partition coefficient (Wildman–Crippen LogP) is 5.76. The number of carboxylic acids is 2. The molecular formula is C33H45N3O9S. The van der Waals surface area contributed by atoms with Gasteiger partial charge < -0.3 is 24.8 Å². The van der Waals surface area contributed by atoms with E-state index in [1.54, 1.807) is 42.5 Å². The lowest BCUT2D eigenvalue weighted by Crippen LogP contribution is -2.30. The summed E-state index contributed by atoms with van der Waals surface area (Å²) in [5, 5.41) is 18.3. The number of nitrogens with one attached hydrogen (secondary N) is 2. The van der Waals surface area contributed by atoms with E-state index in [1.807, 2.05) is 0 Å². The van der Waals surface area contributed by atoms with Crippen LogP contribution in [0.2, 0.25) is 0 Å². The van der Waals surface area contributed by atoms with Crippen molar-refractivity contribution in [1.82, 2.24) is 4.90 Å². The van der Waals surface area contributed by atoms with Crippen LogP contribution >= 0.6 is 0 Å². The molecule has 1 heterocycles. The molecule has 3 rings (SSSR count). The third-order valence-corrected chi connectivity index (χ3v) is 7.58. The van der Waals surface area contributed by atoms with E-state index in [-0.39, 0.29) is 11.7 Å². The van der Waals surface area contributed by atoms with E-state index in [1.165, 1.54) is 0 Å². The molecule has 252 valence electrons. The number of aryl methyl sites for hydroxylation is 1. The second kappa shape index (κ2) is 18.7. The zero-order valence-electron chi connectivity index (χ0n) is 26.9. The molecule has 1 aromatic heterocycles. The van der Waals surface area contributed by atoms with Crippen molar-refractivity contribution in [3.8, 4) is 0 Å². The fourth-order valence-electron chi connectivity index (χ4n) is 4.62. The van der Waals surface area contributed by atoms with Crippen molar-refractivity contribution < 1.29 is 42.2 Å². The lowest BCUT2D eigenvalue weighted by atomic mass is 9.98. The maximum atomic E-state index is 13.7. The molecule has 0 bridgehead atoms. The van der Waals surface area contributed by atoms with Gasteiger partial charge in [0.15, 0.2) is 5.78 Å². The molecule has 13 heteroatoms. The number of carbonyl (C=O) groups is 4. The first-order valence-electron chi connectivity index (χ1n) is 15.5. The topological polar surface area (TPSA) is 183 Å². The monoisotopic (exact) mass is 659 g/mol. The summed E-state index contributed by atoms with van der Waals surface area (Å²) in [6, 6.07) is 11.8. The number of carbonyl (C=O) groups excluding carboxylic acids is 2. The Morgan fingerprint density at radius 1 is 0.804 bits per heavy atom. The van der Waals surface area contributed by atoms with E-state index in [0.717, 1.165) is 64.4 Å². The van der Waals surface area contributed by atoms with E-state index < -0.39 is 22.0 Å². The average molecular weight is 660 g/mol. The minimum Gasteiger partial charge on any atom is -0.473 e. The minimum absolute atomic E-state index is 0.0503. The van der Waals surface area contributed by atoms with Gasteiger partial charge in [-0.25, -0.2) is 18.0 Å². The molecule has 3 aromatic rings. The van der Waals surface area contributed by atoms with Gasteiger partial charge in [-0.15, -0.1) is 0 Å². The van der Waals surface area contributed by atoms with Gasteiger partial charge in [0, 0.05) is 41.7 Å².